The van der Waals surface area contributed by atoms with Gasteiger partial charge in [-0.2, -0.15) is 4.31 Å². The number of hydrogen-bond donors (Lipinski definition) is 1. The molecule has 5 rings (SSSR count). The predicted octanol–water partition coefficient (Wildman–Crippen LogP) is 4.54. The zero-order valence-electron chi connectivity index (χ0n) is 19.2. The summed E-state index contributed by atoms with van der Waals surface area (Å²) in [5.41, 5.74) is 2.88. The minimum atomic E-state index is -3.61. The quantitative estimate of drug-likeness (QED) is 0.425. The standard InChI is InChI=1S/C26H25N3O5S/c1-33-21-9-11-22(12-10-21)35(31,32)29-15-13-18(14-16-29)25(30)27-20-6-4-5-19(17-20)26-28-23-7-2-3-8-24(23)34-26/h2-12,17-18H,13-16H2,1H3,(H,27,30). The Morgan fingerprint density at radius 3 is 2.49 bits per heavy atom. The Labute approximate surface area is 203 Å². The Hall–Kier alpha value is -3.69. The van der Waals surface area contributed by atoms with E-state index in [1.54, 1.807) is 12.1 Å². The van der Waals surface area contributed by atoms with E-state index in [2.05, 4.69) is 10.3 Å². The van der Waals surface area contributed by atoms with Gasteiger partial charge in [-0.3, -0.25) is 4.79 Å². The second-order valence-electron chi connectivity index (χ2n) is 8.41. The molecule has 1 aliphatic heterocycles. The van der Waals surface area contributed by atoms with Crippen molar-refractivity contribution in [2.24, 2.45) is 5.92 Å². The molecule has 0 aliphatic carbocycles. The molecular formula is C26H25N3O5S. The van der Waals surface area contributed by atoms with E-state index in [1.807, 2.05) is 48.5 Å². The second kappa shape index (κ2) is 9.52. The largest absolute Gasteiger partial charge is 0.497 e. The van der Waals surface area contributed by atoms with Gasteiger partial charge in [-0.1, -0.05) is 18.2 Å². The molecule has 3 aromatic carbocycles. The number of oxazole rings is 1. The van der Waals surface area contributed by atoms with Gasteiger partial charge in [0, 0.05) is 30.3 Å². The number of piperidine rings is 1. The number of ether oxygens (including phenoxy) is 1. The Bertz CT molecular complexity index is 1420. The number of carbonyl (C=O) groups excluding carboxylic acids is 1. The summed E-state index contributed by atoms with van der Waals surface area (Å²) in [5, 5.41) is 2.96. The molecule has 0 atom stereocenters. The van der Waals surface area contributed by atoms with Crippen molar-refractivity contribution in [1.82, 2.24) is 9.29 Å². The molecule has 4 aromatic rings. The first kappa shape index (κ1) is 23.1. The highest BCUT2D eigenvalue weighted by Crippen LogP contribution is 2.28. The molecule has 1 aliphatic rings. The molecule has 0 unspecified atom stereocenters. The Morgan fingerprint density at radius 1 is 1.03 bits per heavy atom. The van der Waals surface area contributed by atoms with Crippen LogP contribution in [-0.2, 0) is 14.8 Å². The number of nitrogens with one attached hydrogen (secondary N) is 1. The maximum Gasteiger partial charge on any atom is 0.243 e. The van der Waals surface area contributed by atoms with Crippen molar-refractivity contribution in [2.45, 2.75) is 17.7 Å². The molecule has 35 heavy (non-hydrogen) atoms. The lowest BCUT2D eigenvalue weighted by atomic mass is 9.97. The highest BCUT2D eigenvalue weighted by Gasteiger charge is 2.32. The predicted molar refractivity (Wildman–Crippen MR) is 133 cm³/mol. The van der Waals surface area contributed by atoms with Crippen molar-refractivity contribution in [3.05, 3.63) is 72.8 Å². The lowest BCUT2D eigenvalue weighted by molar-refractivity contribution is -0.120. The number of benzene rings is 3. The summed E-state index contributed by atoms with van der Waals surface area (Å²) in [4.78, 5) is 17.7. The van der Waals surface area contributed by atoms with E-state index in [4.69, 9.17) is 9.15 Å². The van der Waals surface area contributed by atoms with Crippen molar-refractivity contribution in [3.8, 4) is 17.2 Å². The van der Waals surface area contributed by atoms with Gasteiger partial charge in [0.05, 0.1) is 12.0 Å². The van der Waals surface area contributed by atoms with E-state index in [0.717, 1.165) is 11.1 Å². The van der Waals surface area contributed by atoms with Gasteiger partial charge in [0.2, 0.25) is 21.8 Å². The summed E-state index contributed by atoms with van der Waals surface area (Å²) in [5.74, 6) is 0.686. The van der Waals surface area contributed by atoms with Gasteiger partial charge < -0.3 is 14.5 Å². The van der Waals surface area contributed by atoms with Crippen LogP contribution in [0.3, 0.4) is 0 Å². The summed E-state index contributed by atoms with van der Waals surface area (Å²) >= 11 is 0. The minimum absolute atomic E-state index is 0.124. The maximum atomic E-state index is 13.0. The van der Waals surface area contributed by atoms with Crippen molar-refractivity contribution in [2.75, 3.05) is 25.5 Å². The van der Waals surface area contributed by atoms with E-state index >= 15 is 0 Å². The Kier molecular flexibility index (Phi) is 6.27. The number of nitrogens with zero attached hydrogens (tertiary/aromatic N) is 2. The fourth-order valence-corrected chi connectivity index (χ4v) is 5.69. The average molecular weight is 492 g/mol. The molecule has 9 heteroatoms. The summed E-state index contributed by atoms with van der Waals surface area (Å²) in [6, 6.07) is 21.2. The summed E-state index contributed by atoms with van der Waals surface area (Å²) < 4.78 is 38.3. The third-order valence-corrected chi connectivity index (χ3v) is 8.11. The number of fused-ring (bicyclic) bond motifs is 1. The van der Waals surface area contributed by atoms with Gasteiger partial charge in [0.25, 0.3) is 0 Å². The van der Waals surface area contributed by atoms with Crippen LogP contribution in [0.4, 0.5) is 5.69 Å². The third-order valence-electron chi connectivity index (χ3n) is 6.19. The number of methoxy groups -OCH3 is 1. The van der Waals surface area contributed by atoms with Crippen LogP contribution in [0.2, 0.25) is 0 Å². The van der Waals surface area contributed by atoms with E-state index in [1.165, 1.54) is 23.5 Å². The number of para-hydroxylation sites is 2. The zero-order valence-corrected chi connectivity index (χ0v) is 20.0. The highest BCUT2D eigenvalue weighted by atomic mass is 32.2. The van der Waals surface area contributed by atoms with Crippen LogP contribution in [0.5, 0.6) is 5.75 Å². The first-order chi connectivity index (χ1) is 16.9. The third kappa shape index (κ3) is 4.78. The molecule has 1 aromatic heterocycles. The van der Waals surface area contributed by atoms with E-state index in [-0.39, 0.29) is 29.8 Å². The number of amides is 1. The molecule has 0 bridgehead atoms. The van der Waals surface area contributed by atoms with Crippen molar-refractivity contribution in [1.29, 1.82) is 0 Å². The van der Waals surface area contributed by atoms with Crippen LogP contribution in [0, 0.1) is 5.92 Å². The number of rotatable bonds is 6. The first-order valence-corrected chi connectivity index (χ1v) is 12.8. The monoisotopic (exact) mass is 491 g/mol. The van der Waals surface area contributed by atoms with Gasteiger partial charge in [-0.25, -0.2) is 13.4 Å². The molecule has 1 amide bonds. The van der Waals surface area contributed by atoms with Gasteiger partial charge in [-0.05, 0) is 67.4 Å². The van der Waals surface area contributed by atoms with Crippen molar-refractivity contribution >= 4 is 32.7 Å². The van der Waals surface area contributed by atoms with Crippen LogP contribution in [-0.4, -0.2) is 43.8 Å². The van der Waals surface area contributed by atoms with E-state index in [9.17, 15) is 13.2 Å². The van der Waals surface area contributed by atoms with Gasteiger partial charge in [-0.15, -0.1) is 0 Å². The molecule has 0 saturated carbocycles. The number of hydrogen-bond acceptors (Lipinski definition) is 6. The number of anilines is 1. The van der Waals surface area contributed by atoms with E-state index in [0.29, 0.717) is 35.8 Å². The summed E-state index contributed by atoms with van der Waals surface area (Å²) in [6.07, 6.45) is 0.901. The van der Waals surface area contributed by atoms with Gasteiger partial charge in [0.15, 0.2) is 5.58 Å². The molecule has 0 spiro atoms. The summed E-state index contributed by atoms with van der Waals surface area (Å²) in [6.45, 7) is 0.574. The summed E-state index contributed by atoms with van der Waals surface area (Å²) in [7, 11) is -2.08. The van der Waals surface area contributed by atoms with Gasteiger partial charge in [0.1, 0.15) is 11.3 Å². The van der Waals surface area contributed by atoms with Crippen LogP contribution in [0.25, 0.3) is 22.6 Å². The number of carbonyl (C=O) groups is 1. The molecule has 8 nitrogen and oxygen atoms in total. The first-order valence-electron chi connectivity index (χ1n) is 11.3. The topological polar surface area (TPSA) is 102 Å². The molecule has 2 heterocycles. The Balaban J connectivity index is 1.22. The van der Waals surface area contributed by atoms with Crippen molar-refractivity contribution in [3.63, 3.8) is 0 Å². The van der Waals surface area contributed by atoms with Crippen LogP contribution < -0.4 is 10.1 Å². The Morgan fingerprint density at radius 2 is 1.77 bits per heavy atom. The molecule has 1 saturated heterocycles. The molecule has 0 radical (unpaired) electrons. The number of aromatic nitrogens is 1. The lowest BCUT2D eigenvalue weighted by Gasteiger charge is -2.30. The smallest absolute Gasteiger partial charge is 0.243 e. The molecule has 180 valence electrons. The second-order valence-corrected chi connectivity index (χ2v) is 10.3. The SMILES string of the molecule is COc1ccc(S(=O)(=O)N2CCC(C(=O)Nc3cccc(-c4nc5ccccc5o4)c3)CC2)cc1. The van der Waals surface area contributed by atoms with Crippen LogP contribution in [0.1, 0.15) is 12.8 Å². The maximum absolute atomic E-state index is 13.0. The normalized spacial score (nSPS) is 15.2. The molecule has 1 fully saturated rings. The molecule has 1 N–H and O–H groups in total. The minimum Gasteiger partial charge on any atom is -0.497 e. The van der Waals surface area contributed by atoms with Crippen LogP contribution in [0.15, 0.2) is 82.1 Å². The van der Waals surface area contributed by atoms with E-state index < -0.39 is 10.0 Å². The average Bonchev–Trinajstić information content (AvgIpc) is 3.33. The highest BCUT2D eigenvalue weighted by molar-refractivity contribution is 7.89. The fourth-order valence-electron chi connectivity index (χ4n) is 4.23. The zero-order chi connectivity index (χ0) is 24.4. The van der Waals surface area contributed by atoms with Crippen molar-refractivity contribution < 1.29 is 22.4 Å². The van der Waals surface area contributed by atoms with Gasteiger partial charge >= 0.3 is 0 Å². The fraction of sp³-hybridized carbons (Fsp3) is 0.231. The molecular weight excluding hydrogens is 466 g/mol. The number of sulfonamides is 1. The lowest BCUT2D eigenvalue weighted by Crippen LogP contribution is -2.41. The van der Waals surface area contributed by atoms with Crippen LogP contribution >= 0.6 is 0 Å².